The van der Waals surface area contributed by atoms with Crippen molar-refractivity contribution in [3.63, 3.8) is 0 Å². The normalized spacial score (nSPS) is 36.2. The Labute approximate surface area is 156 Å². The van der Waals surface area contributed by atoms with Gasteiger partial charge in [-0.2, -0.15) is 11.8 Å². The van der Waals surface area contributed by atoms with Gasteiger partial charge in [-0.05, 0) is 31.9 Å². The van der Waals surface area contributed by atoms with Crippen molar-refractivity contribution in [3.8, 4) is 0 Å². The van der Waals surface area contributed by atoms with E-state index in [-0.39, 0.29) is 29.4 Å². The number of thioether (sulfide) groups is 1. The van der Waals surface area contributed by atoms with Gasteiger partial charge in [-0.1, -0.05) is 13.8 Å². The summed E-state index contributed by atoms with van der Waals surface area (Å²) in [6, 6.07) is 0.485. The van der Waals surface area contributed by atoms with Gasteiger partial charge in [0.1, 0.15) is 0 Å². The third kappa shape index (κ3) is 3.69. The number of guanidine groups is 1. The molecule has 2 heterocycles. The Morgan fingerprint density at radius 2 is 2.18 bits per heavy atom. The monoisotopic (exact) mass is 439 g/mol. The number of aliphatic imine (C=N–C) groups is 1. The topological polar surface area (TPSA) is 45.7 Å². The minimum Gasteiger partial charge on any atom is -0.377 e. The predicted octanol–water partition coefficient (Wildman–Crippen LogP) is 2.87. The fourth-order valence-electron chi connectivity index (χ4n) is 4.07. The van der Waals surface area contributed by atoms with Gasteiger partial charge in [-0.15, -0.1) is 24.0 Å². The molecule has 4 atom stereocenters. The molecule has 0 amide bonds. The van der Waals surface area contributed by atoms with Crippen molar-refractivity contribution < 1.29 is 4.74 Å². The first kappa shape index (κ1) is 18.6. The van der Waals surface area contributed by atoms with Gasteiger partial charge >= 0.3 is 0 Å². The second kappa shape index (κ2) is 7.92. The van der Waals surface area contributed by atoms with E-state index in [1.54, 1.807) is 0 Å². The number of nitrogens with one attached hydrogen (secondary N) is 2. The van der Waals surface area contributed by atoms with Crippen LogP contribution < -0.4 is 10.6 Å². The molecule has 1 aliphatic carbocycles. The highest BCUT2D eigenvalue weighted by Gasteiger charge is 2.59. The average Bonchev–Trinajstić information content (AvgIpc) is 3.11. The predicted molar refractivity (Wildman–Crippen MR) is 105 cm³/mol. The number of nitrogens with zero attached hydrogens (tertiary/aromatic N) is 1. The smallest absolute Gasteiger partial charge is 0.191 e. The molecular weight excluding hydrogens is 409 g/mol. The Morgan fingerprint density at radius 3 is 2.86 bits per heavy atom. The second-order valence-electron chi connectivity index (χ2n) is 7.04. The van der Waals surface area contributed by atoms with Crippen LogP contribution in [0.15, 0.2) is 4.99 Å². The zero-order valence-electron chi connectivity index (χ0n) is 13.9. The van der Waals surface area contributed by atoms with E-state index in [2.05, 4.69) is 43.2 Å². The summed E-state index contributed by atoms with van der Waals surface area (Å²) in [4.78, 5) is 4.83. The van der Waals surface area contributed by atoms with Crippen molar-refractivity contribution in [1.29, 1.82) is 0 Å². The number of ether oxygens (including phenoxy) is 1. The molecule has 2 N–H and O–H groups in total. The van der Waals surface area contributed by atoms with Crippen LogP contribution in [-0.4, -0.2) is 48.8 Å². The number of halogens is 1. The molecule has 0 aromatic heterocycles. The molecule has 2 aliphatic heterocycles. The summed E-state index contributed by atoms with van der Waals surface area (Å²) in [5.74, 6) is 2.96. The molecule has 0 aromatic rings. The summed E-state index contributed by atoms with van der Waals surface area (Å²) in [6.07, 6.45) is 4.29. The number of rotatable bonds is 4. The Balaban J connectivity index is 0.00000176. The number of fused-ring (bicyclic) bond motifs is 1. The molecule has 1 saturated carbocycles. The van der Waals surface area contributed by atoms with Gasteiger partial charge in [0.05, 0.1) is 12.6 Å². The van der Waals surface area contributed by atoms with E-state index >= 15 is 0 Å². The number of hydrogen-bond acceptors (Lipinski definition) is 3. The molecule has 0 bridgehead atoms. The second-order valence-corrected chi connectivity index (χ2v) is 8.45. The van der Waals surface area contributed by atoms with Gasteiger partial charge in [0.25, 0.3) is 0 Å². The van der Waals surface area contributed by atoms with Gasteiger partial charge < -0.3 is 15.4 Å². The van der Waals surface area contributed by atoms with E-state index in [1.807, 2.05) is 0 Å². The molecular formula is C16H30IN3OS. The molecule has 2 saturated heterocycles. The quantitative estimate of drug-likeness (QED) is 0.402. The van der Waals surface area contributed by atoms with Crippen LogP contribution in [0, 0.1) is 11.3 Å². The summed E-state index contributed by atoms with van der Waals surface area (Å²) in [5.41, 5.74) is 0.208. The maximum atomic E-state index is 5.88. The SMILES string of the molecule is CCNC(=NCC1CCCS1)NC1C2CCOC2C1(C)C.I. The van der Waals surface area contributed by atoms with Crippen LogP contribution in [0.3, 0.4) is 0 Å². The van der Waals surface area contributed by atoms with Crippen LogP contribution >= 0.6 is 35.7 Å². The maximum Gasteiger partial charge on any atom is 0.191 e. The Hall–Kier alpha value is 0.310. The molecule has 0 spiro atoms. The Kier molecular flexibility index (Phi) is 6.71. The highest BCUT2D eigenvalue weighted by molar-refractivity contribution is 14.0. The standard InChI is InChI=1S/C16H29N3OS.HI/c1-4-17-15(18-10-11-6-5-9-21-11)19-13-12-7-8-20-14(12)16(13,2)3;/h11-14H,4-10H2,1-3H3,(H2,17,18,19);1H. The third-order valence-electron chi connectivity index (χ3n) is 5.21. The van der Waals surface area contributed by atoms with Crippen LogP contribution in [0.1, 0.15) is 40.0 Å². The zero-order chi connectivity index (χ0) is 14.9. The molecule has 3 rings (SSSR count). The first-order valence-corrected chi connectivity index (χ1v) is 9.46. The molecule has 3 aliphatic rings. The summed E-state index contributed by atoms with van der Waals surface area (Å²) in [5, 5.41) is 7.82. The van der Waals surface area contributed by atoms with Crippen LogP contribution in [-0.2, 0) is 4.74 Å². The van der Waals surface area contributed by atoms with Gasteiger partial charge in [0.2, 0.25) is 0 Å². The average molecular weight is 439 g/mol. The first-order chi connectivity index (χ1) is 10.1. The lowest BCUT2D eigenvalue weighted by Crippen LogP contribution is -2.68. The third-order valence-corrected chi connectivity index (χ3v) is 6.59. The molecule has 0 radical (unpaired) electrons. The van der Waals surface area contributed by atoms with Crippen molar-refractivity contribution >= 4 is 41.7 Å². The molecule has 22 heavy (non-hydrogen) atoms. The summed E-state index contributed by atoms with van der Waals surface area (Å²) >= 11 is 2.07. The van der Waals surface area contributed by atoms with Crippen molar-refractivity contribution in [2.24, 2.45) is 16.3 Å². The van der Waals surface area contributed by atoms with E-state index in [0.717, 1.165) is 30.9 Å². The van der Waals surface area contributed by atoms with Crippen molar-refractivity contribution in [2.45, 2.75) is 57.4 Å². The van der Waals surface area contributed by atoms with Crippen molar-refractivity contribution in [2.75, 3.05) is 25.4 Å². The van der Waals surface area contributed by atoms with Crippen molar-refractivity contribution in [1.82, 2.24) is 10.6 Å². The highest BCUT2D eigenvalue weighted by atomic mass is 127. The van der Waals surface area contributed by atoms with Crippen LogP contribution in [0.2, 0.25) is 0 Å². The van der Waals surface area contributed by atoms with Crippen LogP contribution in [0.4, 0.5) is 0 Å². The minimum atomic E-state index is 0. The minimum absolute atomic E-state index is 0. The molecule has 0 aromatic carbocycles. The fraction of sp³-hybridized carbons (Fsp3) is 0.938. The zero-order valence-corrected chi connectivity index (χ0v) is 17.1. The van der Waals surface area contributed by atoms with Crippen LogP contribution in [0.25, 0.3) is 0 Å². The van der Waals surface area contributed by atoms with Gasteiger partial charge in [-0.3, -0.25) is 4.99 Å². The summed E-state index contributed by atoms with van der Waals surface area (Å²) in [7, 11) is 0. The fourth-order valence-corrected chi connectivity index (χ4v) is 5.25. The van der Waals surface area contributed by atoms with E-state index in [4.69, 9.17) is 9.73 Å². The molecule has 128 valence electrons. The largest absolute Gasteiger partial charge is 0.377 e. The van der Waals surface area contributed by atoms with Gasteiger partial charge in [-0.25, -0.2) is 0 Å². The van der Waals surface area contributed by atoms with Crippen LogP contribution in [0.5, 0.6) is 0 Å². The number of hydrogen-bond donors (Lipinski definition) is 2. The first-order valence-electron chi connectivity index (χ1n) is 8.41. The van der Waals surface area contributed by atoms with Gasteiger partial charge in [0.15, 0.2) is 5.96 Å². The van der Waals surface area contributed by atoms with E-state index in [1.165, 1.54) is 25.0 Å². The molecule has 4 unspecified atom stereocenters. The Morgan fingerprint density at radius 1 is 1.36 bits per heavy atom. The summed E-state index contributed by atoms with van der Waals surface area (Å²) < 4.78 is 5.88. The lowest BCUT2D eigenvalue weighted by molar-refractivity contribution is -0.106. The van der Waals surface area contributed by atoms with E-state index < -0.39 is 0 Å². The van der Waals surface area contributed by atoms with E-state index in [9.17, 15) is 0 Å². The lowest BCUT2D eigenvalue weighted by atomic mass is 9.57. The maximum absolute atomic E-state index is 5.88. The molecule has 6 heteroatoms. The summed E-state index contributed by atoms with van der Waals surface area (Å²) in [6.45, 7) is 9.54. The van der Waals surface area contributed by atoms with Gasteiger partial charge in [0, 0.05) is 35.8 Å². The highest BCUT2D eigenvalue weighted by Crippen LogP contribution is 2.52. The van der Waals surface area contributed by atoms with Crippen molar-refractivity contribution in [3.05, 3.63) is 0 Å². The Bertz CT molecular complexity index is 399. The van der Waals surface area contributed by atoms with E-state index in [0.29, 0.717) is 18.1 Å². The lowest BCUT2D eigenvalue weighted by Gasteiger charge is -2.54. The molecule has 3 fully saturated rings. The molecule has 4 nitrogen and oxygen atoms in total.